The largest absolute Gasteiger partial charge is 0.336 e. The van der Waals surface area contributed by atoms with Gasteiger partial charge in [0.2, 0.25) is 5.91 Å². The molecular formula is C17H24N2O2S. The Labute approximate surface area is 136 Å². The standard InChI is InChI=1S/C17H24N2O2S/c1-3-19-14(20)6-4-8-17(19)9-5-10-18(12-17)16(21)15-13(2)7-11-22-15/h7,11H,3-6,8-10,12H2,1-2H3/t17-/m0/s1. The molecule has 2 fully saturated rings. The van der Waals surface area contributed by atoms with Gasteiger partial charge in [0.05, 0.1) is 10.4 Å². The molecule has 0 aliphatic carbocycles. The molecule has 1 aromatic rings. The number of aryl methyl sites for hydroxylation is 1. The first kappa shape index (κ1) is 15.5. The van der Waals surface area contributed by atoms with Crippen molar-refractivity contribution in [2.75, 3.05) is 19.6 Å². The fraction of sp³-hybridized carbons (Fsp3) is 0.647. The van der Waals surface area contributed by atoms with E-state index >= 15 is 0 Å². The van der Waals surface area contributed by atoms with Crippen LogP contribution in [0, 0.1) is 6.92 Å². The Bertz CT molecular complexity index is 579. The molecular weight excluding hydrogens is 296 g/mol. The number of piperidine rings is 2. The molecule has 2 aliphatic heterocycles. The quantitative estimate of drug-likeness (QED) is 0.840. The van der Waals surface area contributed by atoms with Gasteiger partial charge in [-0.05, 0) is 56.5 Å². The molecule has 2 amide bonds. The molecule has 3 rings (SSSR count). The molecule has 0 radical (unpaired) electrons. The molecule has 0 bridgehead atoms. The number of rotatable bonds is 2. The normalized spacial score (nSPS) is 25.8. The van der Waals surface area contributed by atoms with E-state index in [4.69, 9.17) is 0 Å². The lowest BCUT2D eigenvalue weighted by Crippen LogP contribution is -2.63. The molecule has 0 aromatic carbocycles. The van der Waals surface area contributed by atoms with Gasteiger partial charge in [-0.3, -0.25) is 9.59 Å². The van der Waals surface area contributed by atoms with Gasteiger partial charge in [-0.15, -0.1) is 11.3 Å². The van der Waals surface area contributed by atoms with E-state index in [1.165, 1.54) is 11.3 Å². The van der Waals surface area contributed by atoms with Crippen LogP contribution in [0.4, 0.5) is 0 Å². The average Bonchev–Trinajstić information content (AvgIpc) is 2.93. The second-order valence-corrected chi connectivity index (χ2v) is 7.40. The Morgan fingerprint density at radius 1 is 1.36 bits per heavy atom. The fourth-order valence-corrected chi connectivity index (χ4v) is 4.95. The third kappa shape index (κ3) is 2.56. The van der Waals surface area contributed by atoms with Crippen LogP contribution in [0.2, 0.25) is 0 Å². The van der Waals surface area contributed by atoms with Crippen LogP contribution in [-0.2, 0) is 4.79 Å². The maximum atomic E-state index is 12.8. The first-order valence-electron chi connectivity index (χ1n) is 8.21. The van der Waals surface area contributed by atoms with Crippen LogP contribution in [0.15, 0.2) is 11.4 Å². The molecule has 0 saturated carbocycles. The number of likely N-dealkylation sites (tertiary alicyclic amines) is 2. The number of hydrogen-bond acceptors (Lipinski definition) is 3. The van der Waals surface area contributed by atoms with Crippen molar-refractivity contribution < 1.29 is 9.59 Å². The van der Waals surface area contributed by atoms with Crippen molar-refractivity contribution in [3.8, 4) is 0 Å². The van der Waals surface area contributed by atoms with Crippen molar-refractivity contribution in [3.63, 3.8) is 0 Å². The highest BCUT2D eigenvalue weighted by atomic mass is 32.1. The Balaban J connectivity index is 1.83. The number of carbonyl (C=O) groups is 2. The van der Waals surface area contributed by atoms with Crippen LogP contribution >= 0.6 is 11.3 Å². The lowest BCUT2D eigenvalue weighted by Gasteiger charge is -2.51. The molecule has 2 saturated heterocycles. The average molecular weight is 320 g/mol. The van der Waals surface area contributed by atoms with E-state index in [2.05, 4.69) is 6.92 Å². The molecule has 5 heteroatoms. The van der Waals surface area contributed by atoms with Gasteiger partial charge < -0.3 is 9.80 Å². The minimum absolute atomic E-state index is 0.122. The fourth-order valence-electron chi connectivity index (χ4n) is 4.06. The van der Waals surface area contributed by atoms with Crippen LogP contribution in [-0.4, -0.2) is 46.8 Å². The molecule has 120 valence electrons. The van der Waals surface area contributed by atoms with Crippen molar-refractivity contribution >= 4 is 23.2 Å². The topological polar surface area (TPSA) is 40.6 Å². The van der Waals surface area contributed by atoms with Crippen molar-refractivity contribution in [1.29, 1.82) is 0 Å². The highest BCUT2D eigenvalue weighted by molar-refractivity contribution is 7.12. The molecule has 1 atom stereocenters. The lowest BCUT2D eigenvalue weighted by atomic mass is 9.79. The Kier molecular flexibility index (Phi) is 4.26. The Hall–Kier alpha value is -1.36. The summed E-state index contributed by atoms with van der Waals surface area (Å²) in [6.07, 6.45) is 4.66. The van der Waals surface area contributed by atoms with Crippen molar-refractivity contribution in [3.05, 3.63) is 21.9 Å². The van der Waals surface area contributed by atoms with Gasteiger partial charge in [-0.25, -0.2) is 0 Å². The molecule has 3 heterocycles. The van der Waals surface area contributed by atoms with Gasteiger partial charge in [-0.2, -0.15) is 0 Å². The first-order chi connectivity index (χ1) is 10.6. The van der Waals surface area contributed by atoms with Crippen molar-refractivity contribution in [2.45, 2.75) is 51.5 Å². The van der Waals surface area contributed by atoms with E-state index in [9.17, 15) is 9.59 Å². The summed E-state index contributed by atoms with van der Waals surface area (Å²) >= 11 is 1.52. The van der Waals surface area contributed by atoms with Crippen LogP contribution in [0.25, 0.3) is 0 Å². The molecule has 1 aromatic heterocycles. The van der Waals surface area contributed by atoms with Gasteiger partial charge >= 0.3 is 0 Å². The Morgan fingerprint density at radius 2 is 2.14 bits per heavy atom. The van der Waals surface area contributed by atoms with Gasteiger partial charge in [0, 0.05) is 26.1 Å². The minimum Gasteiger partial charge on any atom is -0.336 e. The van der Waals surface area contributed by atoms with Gasteiger partial charge in [0.25, 0.3) is 5.91 Å². The molecule has 0 unspecified atom stereocenters. The van der Waals surface area contributed by atoms with E-state index in [1.54, 1.807) is 0 Å². The second kappa shape index (κ2) is 6.03. The zero-order valence-electron chi connectivity index (χ0n) is 13.4. The molecule has 4 nitrogen and oxygen atoms in total. The number of nitrogens with zero attached hydrogens (tertiary/aromatic N) is 2. The zero-order chi connectivity index (χ0) is 15.7. The lowest BCUT2D eigenvalue weighted by molar-refractivity contribution is -0.144. The van der Waals surface area contributed by atoms with Crippen molar-refractivity contribution in [2.24, 2.45) is 0 Å². The monoisotopic (exact) mass is 320 g/mol. The summed E-state index contributed by atoms with van der Waals surface area (Å²) in [5, 5.41) is 1.98. The van der Waals surface area contributed by atoms with Crippen LogP contribution < -0.4 is 0 Å². The van der Waals surface area contributed by atoms with E-state index in [0.29, 0.717) is 13.0 Å². The number of likely N-dealkylation sites (N-methyl/N-ethyl adjacent to an activating group) is 1. The van der Waals surface area contributed by atoms with Gasteiger partial charge in [0.1, 0.15) is 0 Å². The zero-order valence-corrected chi connectivity index (χ0v) is 14.2. The number of thiophene rings is 1. The molecule has 0 N–H and O–H groups in total. The molecule has 2 aliphatic rings. The number of carbonyl (C=O) groups excluding carboxylic acids is 2. The van der Waals surface area contributed by atoms with Gasteiger partial charge in [0.15, 0.2) is 0 Å². The van der Waals surface area contributed by atoms with E-state index in [0.717, 1.165) is 49.2 Å². The predicted molar refractivity (Wildman–Crippen MR) is 88.2 cm³/mol. The maximum Gasteiger partial charge on any atom is 0.264 e. The number of hydrogen-bond donors (Lipinski definition) is 0. The Morgan fingerprint density at radius 3 is 2.82 bits per heavy atom. The third-order valence-electron chi connectivity index (χ3n) is 5.12. The highest BCUT2D eigenvalue weighted by Crippen LogP contribution is 2.37. The summed E-state index contributed by atoms with van der Waals surface area (Å²) in [6, 6.07) is 2.00. The predicted octanol–water partition coefficient (Wildman–Crippen LogP) is 3.06. The van der Waals surface area contributed by atoms with E-state index in [1.807, 2.05) is 28.2 Å². The maximum absolute atomic E-state index is 12.8. The SMILES string of the molecule is CCN1C(=O)CCC[C@@]12CCCN(C(=O)c1sccc1C)C2. The van der Waals surface area contributed by atoms with Crippen molar-refractivity contribution in [1.82, 2.24) is 9.80 Å². The molecule has 1 spiro atoms. The van der Waals surface area contributed by atoms with Gasteiger partial charge in [-0.1, -0.05) is 0 Å². The van der Waals surface area contributed by atoms with Crippen LogP contribution in [0.3, 0.4) is 0 Å². The summed E-state index contributed by atoms with van der Waals surface area (Å²) in [5.74, 6) is 0.399. The minimum atomic E-state index is -0.122. The summed E-state index contributed by atoms with van der Waals surface area (Å²) in [7, 11) is 0. The summed E-state index contributed by atoms with van der Waals surface area (Å²) in [5.41, 5.74) is 0.935. The van der Waals surface area contributed by atoms with E-state index < -0.39 is 0 Å². The van der Waals surface area contributed by atoms with Crippen LogP contribution in [0.1, 0.15) is 54.3 Å². The summed E-state index contributed by atoms with van der Waals surface area (Å²) in [4.78, 5) is 30.0. The smallest absolute Gasteiger partial charge is 0.264 e. The second-order valence-electron chi connectivity index (χ2n) is 6.48. The first-order valence-corrected chi connectivity index (χ1v) is 9.09. The highest BCUT2D eigenvalue weighted by Gasteiger charge is 2.45. The molecule has 22 heavy (non-hydrogen) atoms. The third-order valence-corrected chi connectivity index (χ3v) is 6.13. The van der Waals surface area contributed by atoms with E-state index in [-0.39, 0.29) is 17.4 Å². The summed E-state index contributed by atoms with van der Waals surface area (Å²) in [6.45, 7) is 6.30. The van der Waals surface area contributed by atoms with Crippen LogP contribution in [0.5, 0.6) is 0 Å². The number of amides is 2. The summed E-state index contributed by atoms with van der Waals surface area (Å²) < 4.78 is 0.